The minimum absolute atomic E-state index is 0.197. The largest absolute Gasteiger partial charge is 0.389 e. The highest BCUT2D eigenvalue weighted by Gasteiger charge is 2.25. The first-order valence-electron chi connectivity index (χ1n) is 6.68. The van der Waals surface area contributed by atoms with Gasteiger partial charge in [0.1, 0.15) is 4.99 Å². The summed E-state index contributed by atoms with van der Waals surface area (Å²) < 4.78 is 14.6. The van der Waals surface area contributed by atoms with E-state index < -0.39 is 0 Å². The van der Waals surface area contributed by atoms with Crippen molar-refractivity contribution in [1.82, 2.24) is 0 Å². The quantitative estimate of drug-likeness (QED) is 0.750. The fourth-order valence-corrected chi connectivity index (χ4v) is 4.53. The molecule has 2 unspecified atom stereocenters. The Labute approximate surface area is 137 Å². The first-order valence-corrected chi connectivity index (χ1v) is 8.93. The summed E-state index contributed by atoms with van der Waals surface area (Å²) in [6.45, 7) is 2.18. The Kier molecular flexibility index (Phi) is 5.69. The molecule has 0 amide bonds. The molecule has 20 heavy (non-hydrogen) atoms. The molecule has 2 rings (SSSR count). The molecule has 0 radical (unpaired) electrons. The third-order valence-electron chi connectivity index (χ3n) is 3.49. The molecule has 0 aliphatic heterocycles. The Morgan fingerprint density at radius 2 is 2.30 bits per heavy atom. The van der Waals surface area contributed by atoms with Gasteiger partial charge in [-0.25, -0.2) is 4.39 Å². The van der Waals surface area contributed by atoms with E-state index in [0.717, 1.165) is 18.6 Å². The average Bonchev–Trinajstić information content (AvgIpc) is 2.83. The summed E-state index contributed by atoms with van der Waals surface area (Å²) in [5.74, 6) is 0.821. The molecule has 0 spiro atoms. The zero-order valence-electron chi connectivity index (χ0n) is 11.3. The first-order chi connectivity index (χ1) is 9.52. The second-order valence-corrected chi connectivity index (χ2v) is 7.69. The van der Waals surface area contributed by atoms with Crippen LogP contribution in [0.25, 0.3) is 0 Å². The molecule has 1 aliphatic rings. The third kappa shape index (κ3) is 3.65. The van der Waals surface area contributed by atoms with Gasteiger partial charge in [-0.05, 0) is 53.1 Å². The van der Waals surface area contributed by atoms with Crippen LogP contribution in [0.5, 0.6) is 0 Å². The Morgan fingerprint density at radius 3 is 2.95 bits per heavy atom. The topological polar surface area (TPSA) is 38.0 Å². The summed E-state index contributed by atoms with van der Waals surface area (Å²) in [5, 5.41) is 4.00. The molecule has 1 aromatic carbocycles. The Hall–Kier alpha value is -0.330. The van der Waals surface area contributed by atoms with Crippen molar-refractivity contribution in [3.05, 3.63) is 28.0 Å². The van der Waals surface area contributed by atoms with E-state index in [1.807, 2.05) is 11.8 Å². The number of benzene rings is 1. The molecule has 6 heteroatoms. The molecule has 110 valence electrons. The van der Waals surface area contributed by atoms with Crippen molar-refractivity contribution in [3.63, 3.8) is 0 Å². The second kappa shape index (κ2) is 7.09. The number of halogens is 2. The van der Waals surface area contributed by atoms with E-state index in [4.69, 9.17) is 18.0 Å². The highest BCUT2D eigenvalue weighted by atomic mass is 79.9. The van der Waals surface area contributed by atoms with E-state index in [2.05, 4.69) is 28.2 Å². The third-order valence-corrected chi connectivity index (χ3v) is 5.72. The number of nitrogens with two attached hydrogens (primary N) is 1. The first kappa shape index (κ1) is 16.0. The van der Waals surface area contributed by atoms with Gasteiger partial charge in [0.25, 0.3) is 0 Å². The van der Waals surface area contributed by atoms with Crippen LogP contribution >= 0.6 is 39.9 Å². The molecule has 2 atom stereocenters. The molecule has 0 bridgehead atoms. The monoisotopic (exact) mass is 376 g/mol. The number of hydrogen-bond donors (Lipinski definition) is 2. The van der Waals surface area contributed by atoms with E-state index in [-0.39, 0.29) is 10.8 Å². The summed E-state index contributed by atoms with van der Waals surface area (Å²) in [5.41, 5.74) is 6.61. The molecule has 1 saturated carbocycles. The number of thioether (sulfide) groups is 1. The van der Waals surface area contributed by atoms with Crippen LogP contribution in [0.2, 0.25) is 0 Å². The van der Waals surface area contributed by atoms with Gasteiger partial charge in [-0.15, -0.1) is 0 Å². The summed E-state index contributed by atoms with van der Waals surface area (Å²) >= 11 is 10.1. The Balaban J connectivity index is 2.07. The van der Waals surface area contributed by atoms with Gasteiger partial charge in [-0.3, -0.25) is 0 Å². The molecule has 2 nitrogen and oxygen atoms in total. The van der Waals surface area contributed by atoms with Crippen LogP contribution in [0.4, 0.5) is 10.1 Å². The van der Waals surface area contributed by atoms with Crippen molar-refractivity contribution >= 4 is 50.6 Å². The lowest BCUT2D eigenvalue weighted by Crippen LogP contribution is -2.18. The van der Waals surface area contributed by atoms with E-state index >= 15 is 0 Å². The standard InChI is InChI=1S/C14H18BrFN2S2/c1-2-20-9-4-3-8(7-9)18-11-6-5-10(14(17)19)12(15)13(11)16/h5-6,8-9,18H,2-4,7H2,1H3,(H2,17,19). The van der Waals surface area contributed by atoms with Crippen molar-refractivity contribution in [3.8, 4) is 0 Å². The van der Waals surface area contributed by atoms with Crippen molar-refractivity contribution < 1.29 is 4.39 Å². The van der Waals surface area contributed by atoms with Gasteiger partial charge >= 0.3 is 0 Å². The lowest BCUT2D eigenvalue weighted by atomic mass is 10.1. The van der Waals surface area contributed by atoms with Crippen molar-refractivity contribution in [2.24, 2.45) is 5.73 Å². The van der Waals surface area contributed by atoms with E-state index in [9.17, 15) is 4.39 Å². The number of nitrogens with one attached hydrogen (secondary N) is 1. The zero-order valence-corrected chi connectivity index (χ0v) is 14.5. The van der Waals surface area contributed by atoms with E-state index in [0.29, 0.717) is 27.0 Å². The van der Waals surface area contributed by atoms with Gasteiger partial charge in [0, 0.05) is 16.9 Å². The molecule has 0 aromatic heterocycles. The summed E-state index contributed by atoms with van der Waals surface area (Å²) in [7, 11) is 0. The molecule has 1 aromatic rings. The van der Waals surface area contributed by atoms with Crippen molar-refractivity contribution in [2.45, 2.75) is 37.5 Å². The number of thiocarbonyl (C=S) groups is 1. The maximum Gasteiger partial charge on any atom is 0.161 e. The fourth-order valence-electron chi connectivity index (χ4n) is 2.53. The maximum absolute atomic E-state index is 14.3. The normalized spacial score (nSPS) is 21.9. The molecular weight excluding hydrogens is 359 g/mol. The number of rotatable bonds is 5. The minimum atomic E-state index is -0.318. The van der Waals surface area contributed by atoms with Crippen LogP contribution in [-0.2, 0) is 0 Å². The molecule has 1 fully saturated rings. The van der Waals surface area contributed by atoms with Gasteiger partial charge in [0.05, 0.1) is 10.2 Å². The molecule has 0 heterocycles. The van der Waals surface area contributed by atoms with Gasteiger partial charge in [-0.2, -0.15) is 11.8 Å². The van der Waals surface area contributed by atoms with Gasteiger partial charge < -0.3 is 11.1 Å². The average molecular weight is 377 g/mol. The van der Waals surface area contributed by atoms with Gasteiger partial charge in [0.2, 0.25) is 0 Å². The molecule has 0 saturated heterocycles. The van der Waals surface area contributed by atoms with Crippen LogP contribution in [0.1, 0.15) is 31.7 Å². The van der Waals surface area contributed by atoms with Crippen LogP contribution in [0.3, 0.4) is 0 Å². The van der Waals surface area contributed by atoms with Crippen LogP contribution in [0, 0.1) is 5.82 Å². The smallest absolute Gasteiger partial charge is 0.161 e. The Morgan fingerprint density at radius 1 is 1.55 bits per heavy atom. The Bertz CT molecular complexity index is 510. The van der Waals surface area contributed by atoms with Crippen LogP contribution in [-0.4, -0.2) is 22.0 Å². The predicted octanol–water partition coefficient (Wildman–Crippen LogP) is 4.31. The number of anilines is 1. The van der Waals surface area contributed by atoms with Gasteiger partial charge in [0.15, 0.2) is 5.82 Å². The van der Waals surface area contributed by atoms with Crippen molar-refractivity contribution in [2.75, 3.05) is 11.1 Å². The van der Waals surface area contributed by atoms with Gasteiger partial charge in [-0.1, -0.05) is 19.1 Å². The van der Waals surface area contributed by atoms with E-state index in [1.165, 1.54) is 6.42 Å². The number of hydrogen-bond acceptors (Lipinski definition) is 3. The lowest BCUT2D eigenvalue weighted by molar-refractivity contribution is 0.617. The second-order valence-electron chi connectivity index (χ2n) is 4.88. The highest BCUT2D eigenvalue weighted by molar-refractivity contribution is 9.10. The zero-order chi connectivity index (χ0) is 14.7. The van der Waals surface area contributed by atoms with E-state index in [1.54, 1.807) is 12.1 Å². The van der Waals surface area contributed by atoms with Crippen LogP contribution < -0.4 is 11.1 Å². The molecule has 1 aliphatic carbocycles. The minimum Gasteiger partial charge on any atom is -0.389 e. The summed E-state index contributed by atoms with van der Waals surface area (Å²) in [6, 6.07) is 3.82. The highest BCUT2D eigenvalue weighted by Crippen LogP contribution is 2.33. The summed E-state index contributed by atoms with van der Waals surface area (Å²) in [6.07, 6.45) is 3.38. The van der Waals surface area contributed by atoms with Crippen LogP contribution in [0.15, 0.2) is 16.6 Å². The SMILES string of the molecule is CCSC1CCC(Nc2ccc(C(N)=S)c(Br)c2F)C1. The fraction of sp³-hybridized carbons (Fsp3) is 0.500. The summed E-state index contributed by atoms with van der Waals surface area (Å²) in [4.78, 5) is 0.197. The van der Waals surface area contributed by atoms with Crippen molar-refractivity contribution in [1.29, 1.82) is 0 Å². The maximum atomic E-state index is 14.3. The molecular formula is C14H18BrFN2S2. The molecule has 3 N–H and O–H groups in total. The lowest BCUT2D eigenvalue weighted by Gasteiger charge is -2.16. The predicted molar refractivity (Wildman–Crippen MR) is 93.2 cm³/mol.